The van der Waals surface area contributed by atoms with Crippen LogP contribution in [0.5, 0.6) is 0 Å². The molecule has 0 saturated heterocycles. The van der Waals surface area contributed by atoms with Gasteiger partial charge in [-0.2, -0.15) is 0 Å². The fourth-order valence-corrected chi connectivity index (χ4v) is 0.893. The molecule has 0 aromatic heterocycles. The van der Waals surface area contributed by atoms with Crippen molar-refractivity contribution in [1.29, 1.82) is 0 Å². The van der Waals surface area contributed by atoms with E-state index in [1.807, 2.05) is 13.8 Å². The Bertz CT molecular complexity index is 109. The Hall–Kier alpha value is -0.730. The molecule has 0 radical (unpaired) electrons. The molecule has 0 aromatic carbocycles. The van der Waals surface area contributed by atoms with Gasteiger partial charge in [0.1, 0.15) is 0 Å². The highest BCUT2D eigenvalue weighted by Gasteiger charge is 2.06. The lowest BCUT2D eigenvalue weighted by molar-refractivity contribution is -0.727. The molecule has 0 bridgehead atoms. The van der Waals surface area contributed by atoms with Crippen LogP contribution >= 0.6 is 0 Å². The maximum atomic E-state index is 10.4. The molecule has 0 unspecified atom stereocenters. The van der Waals surface area contributed by atoms with Gasteiger partial charge in [-0.25, -0.2) is 0 Å². The van der Waals surface area contributed by atoms with Gasteiger partial charge in [-0.1, -0.05) is 13.8 Å². The standard InChI is InChI=1S/C7H15NO2/c1-3-5-7(6-4-2)8(9)10/h3-6H2,1-2H3,(H,9,10). The molecule has 0 saturated carbocycles. The highest BCUT2D eigenvalue weighted by Crippen LogP contribution is 1.98. The van der Waals surface area contributed by atoms with E-state index in [1.54, 1.807) is 0 Å². The molecule has 0 rings (SSSR count). The minimum atomic E-state index is 0.00694. The average Bonchev–Trinajstić information content (AvgIpc) is 1.87. The van der Waals surface area contributed by atoms with Crippen LogP contribution < -0.4 is 0 Å². The summed E-state index contributed by atoms with van der Waals surface area (Å²) in [5, 5.41) is 18.9. The molecule has 0 aliphatic heterocycles. The summed E-state index contributed by atoms with van der Waals surface area (Å²) in [6, 6.07) is 0. The lowest BCUT2D eigenvalue weighted by Crippen LogP contribution is -2.11. The number of hydrogen-bond acceptors (Lipinski definition) is 2. The van der Waals surface area contributed by atoms with Crippen LogP contribution in [0.2, 0.25) is 0 Å². The van der Waals surface area contributed by atoms with Crippen LogP contribution in [0.15, 0.2) is 0 Å². The Labute approximate surface area is 61.5 Å². The van der Waals surface area contributed by atoms with Gasteiger partial charge in [0, 0.05) is 17.7 Å². The molecule has 3 heteroatoms. The molecular formula is C7H15NO2. The molecule has 0 atom stereocenters. The van der Waals surface area contributed by atoms with Crippen molar-refractivity contribution < 1.29 is 10.1 Å². The Morgan fingerprint density at radius 3 is 1.90 bits per heavy atom. The summed E-state index contributed by atoms with van der Waals surface area (Å²) in [6.07, 6.45) is 3.23. The van der Waals surface area contributed by atoms with Gasteiger partial charge in [0.2, 0.25) is 5.71 Å². The van der Waals surface area contributed by atoms with E-state index in [2.05, 4.69) is 0 Å². The van der Waals surface area contributed by atoms with E-state index in [0.29, 0.717) is 18.6 Å². The Kier molecular flexibility index (Phi) is 4.72. The predicted molar refractivity (Wildman–Crippen MR) is 40.2 cm³/mol. The van der Waals surface area contributed by atoms with Gasteiger partial charge in [0.05, 0.1) is 0 Å². The monoisotopic (exact) mass is 145 g/mol. The minimum Gasteiger partial charge on any atom is -0.418 e. The molecule has 0 heterocycles. The van der Waals surface area contributed by atoms with Gasteiger partial charge in [-0.3, -0.25) is 5.21 Å². The average molecular weight is 145 g/mol. The van der Waals surface area contributed by atoms with E-state index < -0.39 is 0 Å². The van der Waals surface area contributed by atoms with Crippen molar-refractivity contribution in [1.82, 2.24) is 0 Å². The summed E-state index contributed by atoms with van der Waals surface area (Å²) in [4.78, 5) is 0.00694. The van der Waals surface area contributed by atoms with Crippen molar-refractivity contribution >= 4 is 5.71 Å². The van der Waals surface area contributed by atoms with Crippen LogP contribution in [0.3, 0.4) is 0 Å². The largest absolute Gasteiger partial charge is 0.418 e. The molecular weight excluding hydrogens is 130 g/mol. The van der Waals surface area contributed by atoms with E-state index in [4.69, 9.17) is 5.21 Å². The van der Waals surface area contributed by atoms with Crippen LogP contribution in [0.1, 0.15) is 39.5 Å². The van der Waals surface area contributed by atoms with Gasteiger partial charge < -0.3 is 5.21 Å². The maximum absolute atomic E-state index is 10.4. The highest BCUT2D eigenvalue weighted by atomic mass is 16.8. The predicted octanol–water partition coefficient (Wildman–Crippen LogP) is 1.93. The SMILES string of the molecule is CCCC(CCC)=[N+]([O-])O. The summed E-state index contributed by atoms with van der Waals surface area (Å²) in [5.74, 6) is 0. The first kappa shape index (κ1) is 9.27. The third-order valence-electron chi connectivity index (χ3n) is 1.35. The first-order valence-corrected chi connectivity index (χ1v) is 3.73. The molecule has 0 spiro atoms. The Balaban J connectivity index is 3.86. The van der Waals surface area contributed by atoms with E-state index in [9.17, 15) is 5.21 Å². The van der Waals surface area contributed by atoms with Crippen molar-refractivity contribution in [3.8, 4) is 0 Å². The van der Waals surface area contributed by atoms with Crippen LogP contribution in [0.4, 0.5) is 0 Å². The molecule has 3 nitrogen and oxygen atoms in total. The number of nitrogens with zero attached hydrogens (tertiary/aromatic N) is 1. The Morgan fingerprint density at radius 1 is 1.30 bits per heavy atom. The summed E-state index contributed by atoms with van der Waals surface area (Å²) >= 11 is 0. The fourth-order valence-electron chi connectivity index (χ4n) is 0.893. The van der Waals surface area contributed by atoms with E-state index in [1.165, 1.54) is 0 Å². The van der Waals surface area contributed by atoms with E-state index >= 15 is 0 Å². The topological polar surface area (TPSA) is 46.3 Å². The van der Waals surface area contributed by atoms with E-state index in [-0.39, 0.29) is 4.90 Å². The van der Waals surface area contributed by atoms with E-state index in [0.717, 1.165) is 12.8 Å². The summed E-state index contributed by atoms with van der Waals surface area (Å²) < 4.78 is 0. The van der Waals surface area contributed by atoms with Crippen molar-refractivity contribution in [3.05, 3.63) is 5.21 Å². The van der Waals surface area contributed by atoms with Crippen LogP contribution in [-0.4, -0.2) is 15.8 Å². The second-order valence-corrected chi connectivity index (χ2v) is 2.34. The second-order valence-electron chi connectivity index (χ2n) is 2.34. The number of hydrogen-bond donors (Lipinski definition) is 1. The first-order chi connectivity index (χ1) is 4.72. The Morgan fingerprint density at radius 2 is 1.70 bits per heavy atom. The van der Waals surface area contributed by atoms with Crippen LogP contribution in [0.25, 0.3) is 0 Å². The van der Waals surface area contributed by atoms with Gasteiger partial charge in [0.25, 0.3) is 0 Å². The molecule has 0 amide bonds. The third kappa shape index (κ3) is 3.33. The molecule has 10 heavy (non-hydrogen) atoms. The van der Waals surface area contributed by atoms with Crippen LogP contribution in [0, 0.1) is 5.21 Å². The first-order valence-electron chi connectivity index (χ1n) is 3.73. The van der Waals surface area contributed by atoms with Crippen molar-refractivity contribution in [2.24, 2.45) is 0 Å². The normalized spacial score (nSPS) is 9.40. The van der Waals surface area contributed by atoms with Crippen molar-refractivity contribution in [2.75, 3.05) is 0 Å². The zero-order valence-electron chi connectivity index (χ0n) is 6.63. The van der Waals surface area contributed by atoms with Gasteiger partial charge in [-0.05, 0) is 12.8 Å². The molecule has 0 fully saturated rings. The highest BCUT2D eigenvalue weighted by molar-refractivity contribution is 5.79. The zero-order valence-corrected chi connectivity index (χ0v) is 6.63. The quantitative estimate of drug-likeness (QED) is 0.284. The summed E-state index contributed by atoms with van der Waals surface area (Å²) in [7, 11) is 0. The smallest absolute Gasteiger partial charge is 0.221 e. The van der Waals surface area contributed by atoms with Crippen molar-refractivity contribution in [3.63, 3.8) is 0 Å². The fraction of sp³-hybridized carbons (Fsp3) is 0.857. The lowest BCUT2D eigenvalue weighted by Gasteiger charge is -1.97. The zero-order chi connectivity index (χ0) is 7.98. The molecule has 60 valence electrons. The number of rotatable bonds is 4. The molecule has 0 aliphatic rings. The molecule has 0 aromatic rings. The second kappa shape index (κ2) is 5.09. The minimum absolute atomic E-state index is 0.00694. The third-order valence-corrected chi connectivity index (χ3v) is 1.35. The maximum Gasteiger partial charge on any atom is 0.221 e. The van der Waals surface area contributed by atoms with Crippen LogP contribution in [-0.2, 0) is 0 Å². The summed E-state index contributed by atoms with van der Waals surface area (Å²) in [6.45, 7) is 3.97. The summed E-state index contributed by atoms with van der Waals surface area (Å²) in [5.41, 5.74) is 0.588. The van der Waals surface area contributed by atoms with Gasteiger partial charge >= 0.3 is 0 Å². The van der Waals surface area contributed by atoms with Gasteiger partial charge in [-0.15, -0.1) is 0 Å². The lowest BCUT2D eigenvalue weighted by atomic mass is 10.1. The molecule has 0 aliphatic carbocycles. The molecule has 1 N–H and O–H groups in total. The van der Waals surface area contributed by atoms with Gasteiger partial charge in [0.15, 0.2) is 0 Å². The van der Waals surface area contributed by atoms with Crippen molar-refractivity contribution in [2.45, 2.75) is 39.5 Å².